The van der Waals surface area contributed by atoms with Gasteiger partial charge in [0.1, 0.15) is 5.82 Å². The Morgan fingerprint density at radius 3 is 2.35 bits per heavy atom. The monoisotopic (exact) mass is 233 g/mol. The van der Waals surface area contributed by atoms with E-state index in [4.69, 9.17) is 5.73 Å². The largest absolute Gasteiger partial charge is 0.327 e. The van der Waals surface area contributed by atoms with Gasteiger partial charge < -0.3 is 5.73 Å². The van der Waals surface area contributed by atoms with Crippen LogP contribution in [0.1, 0.15) is 44.1 Å². The molecule has 2 atom stereocenters. The van der Waals surface area contributed by atoms with Crippen LogP contribution in [0.25, 0.3) is 0 Å². The van der Waals surface area contributed by atoms with Crippen molar-refractivity contribution >= 4 is 0 Å². The fourth-order valence-corrected chi connectivity index (χ4v) is 3.76. The first-order valence-corrected chi connectivity index (χ1v) is 6.76. The van der Waals surface area contributed by atoms with Crippen LogP contribution in [-0.2, 0) is 5.41 Å². The summed E-state index contributed by atoms with van der Waals surface area (Å²) in [7, 11) is 0. The molecule has 0 aliphatic heterocycles. The van der Waals surface area contributed by atoms with E-state index in [9.17, 15) is 4.39 Å². The van der Waals surface area contributed by atoms with Gasteiger partial charge in [-0.05, 0) is 36.8 Å². The second-order valence-electron chi connectivity index (χ2n) is 5.67. The van der Waals surface area contributed by atoms with E-state index in [-0.39, 0.29) is 17.3 Å². The van der Waals surface area contributed by atoms with E-state index in [0.29, 0.717) is 5.92 Å². The van der Waals surface area contributed by atoms with Crippen LogP contribution in [0, 0.1) is 11.7 Å². The third-order valence-corrected chi connectivity index (χ3v) is 4.77. The zero-order valence-electron chi connectivity index (χ0n) is 10.2. The molecule has 2 heteroatoms. The second-order valence-corrected chi connectivity index (χ2v) is 5.67. The van der Waals surface area contributed by atoms with Crippen molar-refractivity contribution in [2.45, 2.75) is 50.0 Å². The summed E-state index contributed by atoms with van der Waals surface area (Å²) >= 11 is 0. The van der Waals surface area contributed by atoms with Crippen molar-refractivity contribution in [1.82, 2.24) is 0 Å². The molecule has 0 amide bonds. The van der Waals surface area contributed by atoms with Crippen LogP contribution in [-0.4, -0.2) is 6.04 Å². The highest BCUT2D eigenvalue weighted by Crippen LogP contribution is 2.57. The molecule has 0 heterocycles. The van der Waals surface area contributed by atoms with Gasteiger partial charge in [0.2, 0.25) is 0 Å². The molecule has 17 heavy (non-hydrogen) atoms. The van der Waals surface area contributed by atoms with Crippen LogP contribution >= 0.6 is 0 Å². The average molecular weight is 233 g/mol. The van der Waals surface area contributed by atoms with Gasteiger partial charge in [-0.15, -0.1) is 0 Å². The summed E-state index contributed by atoms with van der Waals surface area (Å²) in [5.41, 5.74) is 7.01. The van der Waals surface area contributed by atoms with Gasteiger partial charge in [-0.1, -0.05) is 37.5 Å². The molecular weight excluding hydrogens is 213 g/mol. The lowest BCUT2D eigenvalue weighted by Gasteiger charge is -2.31. The Kier molecular flexibility index (Phi) is 2.70. The van der Waals surface area contributed by atoms with Crippen molar-refractivity contribution in [2.75, 3.05) is 0 Å². The van der Waals surface area contributed by atoms with E-state index in [0.717, 1.165) is 12.0 Å². The minimum Gasteiger partial charge on any atom is -0.327 e. The zero-order chi connectivity index (χ0) is 11.9. The zero-order valence-corrected chi connectivity index (χ0v) is 10.2. The van der Waals surface area contributed by atoms with Gasteiger partial charge in [-0.3, -0.25) is 0 Å². The predicted octanol–water partition coefficient (Wildman–Crippen LogP) is 3.37. The SMILES string of the molecule is N[C@@H]1CC1(c1ccccc1F)C1CCCCC1. The highest BCUT2D eigenvalue weighted by Gasteiger charge is 2.58. The summed E-state index contributed by atoms with van der Waals surface area (Å²) in [6, 6.07) is 7.39. The van der Waals surface area contributed by atoms with Gasteiger partial charge in [0.15, 0.2) is 0 Å². The molecule has 1 unspecified atom stereocenters. The molecule has 92 valence electrons. The molecule has 0 saturated heterocycles. The number of benzene rings is 1. The molecule has 2 fully saturated rings. The first-order valence-electron chi connectivity index (χ1n) is 6.76. The molecule has 1 aromatic carbocycles. The van der Waals surface area contributed by atoms with Gasteiger partial charge in [0.25, 0.3) is 0 Å². The molecule has 2 aliphatic rings. The van der Waals surface area contributed by atoms with Crippen LogP contribution in [0.15, 0.2) is 24.3 Å². The fraction of sp³-hybridized carbons (Fsp3) is 0.600. The lowest BCUT2D eigenvalue weighted by molar-refractivity contribution is 0.279. The molecule has 2 saturated carbocycles. The Balaban J connectivity index is 1.95. The first-order chi connectivity index (χ1) is 8.25. The Morgan fingerprint density at radius 2 is 1.76 bits per heavy atom. The topological polar surface area (TPSA) is 26.0 Å². The van der Waals surface area contributed by atoms with Gasteiger partial charge in [-0.25, -0.2) is 4.39 Å². The van der Waals surface area contributed by atoms with Crippen LogP contribution in [0.4, 0.5) is 4.39 Å². The molecule has 0 bridgehead atoms. The van der Waals surface area contributed by atoms with Crippen molar-refractivity contribution in [3.8, 4) is 0 Å². The van der Waals surface area contributed by atoms with E-state index < -0.39 is 0 Å². The summed E-state index contributed by atoms with van der Waals surface area (Å²) in [5, 5.41) is 0. The predicted molar refractivity (Wildman–Crippen MR) is 67.2 cm³/mol. The van der Waals surface area contributed by atoms with Crippen LogP contribution < -0.4 is 5.73 Å². The van der Waals surface area contributed by atoms with Crippen molar-refractivity contribution < 1.29 is 4.39 Å². The maximum atomic E-state index is 14.0. The van der Waals surface area contributed by atoms with Crippen LogP contribution in [0.3, 0.4) is 0 Å². The van der Waals surface area contributed by atoms with Gasteiger partial charge >= 0.3 is 0 Å². The van der Waals surface area contributed by atoms with E-state index in [1.54, 1.807) is 12.1 Å². The Bertz CT molecular complexity index is 411. The summed E-state index contributed by atoms with van der Waals surface area (Å²) in [6.45, 7) is 0. The standard InChI is InChI=1S/C15H20FN/c16-13-9-5-4-8-12(13)15(10-14(15)17)11-6-2-1-3-7-11/h4-5,8-9,11,14H,1-3,6-7,10,17H2/t14-,15?/m1/s1. The minimum atomic E-state index is -0.0639. The van der Waals surface area contributed by atoms with Gasteiger partial charge in [0, 0.05) is 11.5 Å². The molecule has 1 nitrogen and oxygen atoms in total. The minimum absolute atomic E-state index is 0.0359. The normalized spacial score (nSPS) is 33.6. The molecule has 0 radical (unpaired) electrons. The quantitative estimate of drug-likeness (QED) is 0.832. The van der Waals surface area contributed by atoms with E-state index >= 15 is 0 Å². The fourth-order valence-electron chi connectivity index (χ4n) is 3.76. The van der Waals surface area contributed by atoms with E-state index in [1.807, 2.05) is 12.1 Å². The highest BCUT2D eigenvalue weighted by atomic mass is 19.1. The first kappa shape index (κ1) is 11.2. The lowest BCUT2D eigenvalue weighted by Crippen LogP contribution is -2.30. The molecular formula is C15H20FN. The number of rotatable bonds is 2. The van der Waals surface area contributed by atoms with Gasteiger partial charge in [0.05, 0.1) is 0 Å². The van der Waals surface area contributed by atoms with Crippen molar-refractivity contribution in [3.63, 3.8) is 0 Å². The maximum absolute atomic E-state index is 14.0. The Morgan fingerprint density at radius 1 is 1.12 bits per heavy atom. The molecule has 0 aromatic heterocycles. The number of nitrogens with two attached hydrogens (primary N) is 1. The van der Waals surface area contributed by atoms with Crippen molar-refractivity contribution in [1.29, 1.82) is 0 Å². The maximum Gasteiger partial charge on any atom is 0.127 e. The van der Waals surface area contributed by atoms with Gasteiger partial charge in [-0.2, -0.15) is 0 Å². The van der Waals surface area contributed by atoms with Crippen molar-refractivity contribution in [2.24, 2.45) is 11.7 Å². The Labute approximate surface area is 102 Å². The number of hydrogen-bond donors (Lipinski definition) is 1. The van der Waals surface area contributed by atoms with E-state index in [2.05, 4.69) is 0 Å². The van der Waals surface area contributed by atoms with E-state index in [1.165, 1.54) is 32.1 Å². The summed E-state index contributed by atoms with van der Waals surface area (Å²) in [5.74, 6) is 0.536. The molecule has 1 aromatic rings. The Hall–Kier alpha value is -0.890. The second kappa shape index (κ2) is 4.09. The van der Waals surface area contributed by atoms with Crippen LogP contribution in [0.5, 0.6) is 0 Å². The van der Waals surface area contributed by atoms with Crippen LogP contribution in [0.2, 0.25) is 0 Å². The summed E-state index contributed by atoms with van der Waals surface area (Å²) < 4.78 is 14.0. The summed E-state index contributed by atoms with van der Waals surface area (Å²) in [6.07, 6.45) is 7.32. The average Bonchev–Trinajstić information content (AvgIpc) is 3.04. The number of halogens is 1. The number of hydrogen-bond acceptors (Lipinski definition) is 1. The third kappa shape index (κ3) is 1.70. The highest BCUT2D eigenvalue weighted by molar-refractivity contribution is 5.38. The lowest BCUT2D eigenvalue weighted by atomic mass is 9.73. The summed E-state index contributed by atoms with van der Waals surface area (Å²) in [4.78, 5) is 0. The molecule has 3 rings (SSSR count). The molecule has 0 spiro atoms. The molecule has 2 aliphatic carbocycles. The third-order valence-electron chi connectivity index (χ3n) is 4.77. The smallest absolute Gasteiger partial charge is 0.127 e. The van der Waals surface area contributed by atoms with Crippen molar-refractivity contribution in [3.05, 3.63) is 35.6 Å². The molecule has 2 N–H and O–H groups in total.